The number of hydrogen-bond acceptors (Lipinski definition) is 5. The van der Waals surface area contributed by atoms with Crippen molar-refractivity contribution in [3.63, 3.8) is 0 Å². The normalized spacial score (nSPS) is 24.7. The summed E-state index contributed by atoms with van der Waals surface area (Å²) >= 11 is 0. The van der Waals surface area contributed by atoms with Gasteiger partial charge in [-0.2, -0.15) is 0 Å². The van der Waals surface area contributed by atoms with Gasteiger partial charge in [-0.3, -0.25) is 14.5 Å². The van der Waals surface area contributed by atoms with Crippen molar-refractivity contribution >= 4 is 23.5 Å². The van der Waals surface area contributed by atoms with Crippen LogP contribution in [0.15, 0.2) is 18.2 Å². The third-order valence-corrected chi connectivity index (χ3v) is 5.48. The summed E-state index contributed by atoms with van der Waals surface area (Å²) in [5.41, 5.74) is -0.460. The first-order valence-electron chi connectivity index (χ1n) is 9.07. The molecule has 8 nitrogen and oxygen atoms in total. The van der Waals surface area contributed by atoms with E-state index < -0.39 is 17.5 Å². The van der Waals surface area contributed by atoms with Crippen LogP contribution in [0, 0.1) is 5.92 Å². The molecule has 0 aromatic heterocycles. The first kappa shape index (κ1) is 19.0. The van der Waals surface area contributed by atoms with Crippen molar-refractivity contribution in [3.05, 3.63) is 18.2 Å². The molecule has 2 unspecified atom stereocenters. The van der Waals surface area contributed by atoms with Gasteiger partial charge in [0.05, 0.1) is 19.9 Å². The highest BCUT2D eigenvalue weighted by atomic mass is 16.5. The van der Waals surface area contributed by atoms with Crippen LogP contribution in [-0.2, 0) is 9.59 Å². The van der Waals surface area contributed by atoms with Gasteiger partial charge in [0.25, 0.3) is 5.91 Å². The topological polar surface area (TPSA) is 97.0 Å². The summed E-state index contributed by atoms with van der Waals surface area (Å²) in [5, 5.41) is 5.53. The lowest BCUT2D eigenvalue weighted by Crippen LogP contribution is -2.54. The van der Waals surface area contributed by atoms with Crippen LogP contribution < -0.4 is 20.1 Å². The number of anilines is 1. The fraction of sp³-hybridized carbons (Fsp3) is 0.526. The van der Waals surface area contributed by atoms with Gasteiger partial charge >= 0.3 is 6.03 Å². The average Bonchev–Trinajstić information content (AvgIpc) is 2.89. The molecule has 27 heavy (non-hydrogen) atoms. The molecule has 1 heterocycles. The highest BCUT2D eigenvalue weighted by molar-refractivity contribution is 6.10. The Morgan fingerprint density at radius 3 is 2.74 bits per heavy atom. The van der Waals surface area contributed by atoms with E-state index in [1.165, 1.54) is 14.2 Å². The first-order chi connectivity index (χ1) is 12.9. The molecule has 1 aromatic carbocycles. The Bertz CT molecular complexity index is 766. The van der Waals surface area contributed by atoms with E-state index in [9.17, 15) is 14.4 Å². The van der Waals surface area contributed by atoms with E-state index in [0.717, 1.165) is 24.2 Å². The van der Waals surface area contributed by atoms with E-state index in [1.807, 2.05) is 6.92 Å². The highest BCUT2D eigenvalue weighted by Crippen LogP contribution is 2.38. The number of urea groups is 1. The summed E-state index contributed by atoms with van der Waals surface area (Å²) in [7, 11) is 3.01. The summed E-state index contributed by atoms with van der Waals surface area (Å²) in [5.74, 6) is 0.266. The number of amides is 4. The molecule has 1 saturated heterocycles. The monoisotopic (exact) mass is 375 g/mol. The smallest absolute Gasteiger partial charge is 0.325 e. The molecule has 1 saturated carbocycles. The van der Waals surface area contributed by atoms with Crippen LogP contribution in [-0.4, -0.2) is 49.0 Å². The van der Waals surface area contributed by atoms with Crippen molar-refractivity contribution < 1.29 is 23.9 Å². The van der Waals surface area contributed by atoms with Gasteiger partial charge in [0.2, 0.25) is 5.91 Å². The number of benzene rings is 1. The minimum Gasteiger partial charge on any atom is -0.497 e. The fourth-order valence-corrected chi connectivity index (χ4v) is 3.88. The van der Waals surface area contributed by atoms with Crippen molar-refractivity contribution in [2.24, 2.45) is 5.92 Å². The molecule has 1 spiro atoms. The van der Waals surface area contributed by atoms with E-state index >= 15 is 0 Å². The van der Waals surface area contributed by atoms with Crippen LogP contribution in [0.1, 0.15) is 32.6 Å². The highest BCUT2D eigenvalue weighted by Gasteiger charge is 2.55. The third kappa shape index (κ3) is 3.43. The van der Waals surface area contributed by atoms with Crippen molar-refractivity contribution in [2.45, 2.75) is 38.1 Å². The summed E-state index contributed by atoms with van der Waals surface area (Å²) in [6.07, 6.45) is 3.42. The molecular formula is C19H25N3O5. The summed E-state index contributed by atoms with van der Waals surface area (Å²) < 4.78 is 10.4. The second kappa shape index (κ2) is 7.46. The lowest BCUT2D eigenvalue weighted by Gasteiger charge is -2.36. The summed E-state index contributed by atoms with van der Waals surface area (Å²) in [4.78, 5) is 38.8. The number of rotatable bonds is 5. The van der Waals surface area contributed by atoms with Gasteiger partial charge in [0.1, 0.15) is 23.6 Å². The summed E-state index contributed by atoms with van der Waals surface area (Å²) in [6, 6.07) is 4.48. The minimum atomic E-state index is -0.872. The van der Waals surface area contributed by atoms with Gasteiger partial charge in [0.15, 0.2) is 0 Å². The zero-order valence-corrected chi connectivity index (χ0v) is 15.8. The van der Waals surface area contributed by atoms with E-state index in [4.69, 9.17) is 9.47 Å². The molecule has 4 amide bonds. The predicted octanol–water partition coefficient (Wildman–Crippen LogP) is 2.14. The molecule has 8 heteroatoms. The average molecular weight is 375 g/mol. The van der Waals surface area contributed by atoms with Crippen molar-refractivity contribution in [1.29, 1.82) is 0 Å². The molecule has 1 aliphatic carbocycles. The molecule has 2 N–H and O–H groups in total. The minimum absolute atomic E-state index is 0.0502. The number of carbonyl (C=O) groups is 3. The SMILES string of the molecule is COc1ccc(OC)c(NC(=O)CN2C(=O)NC3(CCCCC3C)C2=O)c1. The standard InChI is InChI=1S/C19H25N3O5/c1-12-6-4-5-9-19(12)17(24)22(18(25)21-19)11-16(23)20-14-10-13(26-2)7-8-15(14)27-3/h7-8,10,12H,4-6,9,11H2,1-3H3,(H,20,23)(H,21,25). The fourth-order valence-electron chi connectivity index (χ4n) is 3.88. The Kier molecular flexibility index (Phi) is 5.25. The Balaban J connectivity index is 1.73. The van der Waals surface area contributed by atoms with Crippen LogP contribution in [0.2, 0.25) is 0 Å². The van der Waals surface area contributed by atoms with Gasteiger partial charge in [-0.1, -0.05) is 19.8 Å². The predicted molar refractivity (Wildman–Crippen MR) is 98.8 cm³/mol. The first-order valence-corrected chi connectivity index (χ1v) is 9.07. The molecule has 2 aliphatic rings. The maximum Gasteiger partial charge on any atom is 0.325 e. The number of imide groups is 1. The number of nitrogens with one attached hydrogen (secondary N) is 2. The quantitative estimate of drug-likeness (QED) is 0.769. The molecule has 1 aromatic rings. The molecule has 2 atom stereocenters. The van der Waals surface area contributed by atoms with E-state index in [0.29, 0.717) is 23.6 Å². The van der Waals surface area contributed by atoms with Crippen molar-refractivity contribution in [1.82, 2.24) is 10.2 Å². The zero-order valence-electron chi connectivity index (χ0n) is 15.8. The number of ether oxygens (including phenoxy) is 2. The molecule has 1 aliphatic heterocycles. The van der Waals surface area contributed by atoms with E-state index in [2.05, 4.69) is 10.6 Å². The Hall–Kier alpha value is -2.77. The molecule has 3 rings (SSSR count). The van der Waals surface area contributed by atoms with Gasteiger partial charge in [-0.25, -0.2) is 4.79 Å². The maximum atomic E-state index is 12.9. The van der Waals surface area contributed by atoms with Crippen LogP contribution >= 0.6 is 0 Å². The zero-order chi connectivity index (χ0) is 19.6. The van der Waals surface area contributed by atoms with Gasteiger partial charge in [0, 0.05) is 6.07 Å². The lowest BCUT2D eigenvalue weighted by molar-refractivity contribution is -0.136. The van der Waals surface area contributed by atoms with Gasteiger partial charge < -0.3 is 20.1 Å². The van der Waals surface area contributed by atoms with Crippen LogP contribution in [0.5, 0.6) is 11.5 Å². The van der Waals surface area contributed by atoms with E-state index in [1.54, 1.807) is 18.2 Å². The second-order valence-electron chi connectivity index (χ2n) is 7.05. The van der Waals surface area contributed by atoms with Crippen molar-refractivity contribution in [3.8, 4) is 11.5 Å². The summed E-state index contributed by atoms with van der Waals surface area (Å²) in [6.45, 7) is 1.63. The number of hydrogen-bond donors (Lipinski definition) is 2. The number of nitrogens with zero attached hydrogens (tertiary/aromatic N) is 1. The molecule has 0 bridgehead atoms. The number of methoxy groups -OCH3 is 2. The van der Waals surface area contributed by atoms with Crippen LogP contribution in [0.25, 0.3) is 0 Å². The molecular weight excluding hydrogens is 350 g/mol. The van der Waals surface area contributed by atoms with Gasteiger partial charge in [-0.05, 0) is 30.9 Å². The number of carbonyl (C=O) groups excluding carboxylic acids is 3. The Labute approximate surface area is 158 Å². The van der Waals surface area contributed by atoms with Gasteiger partial charge in [-0.15, -0.1) is 0 Å². The Morgan fingerprint density at radius 1 is 1.30 bits per heavy atom. The molecule has 146 valence electrons. The van der Waals surface area contributed by atoms with E-state index in [-0.39, 0.29) is 18.4 Å². The maximum absolute atomic E-state index is 12.9. The van der Waals surface area contributed by atoms with Crippen LogP contribution in [0.3, 0.4) is 0 Å². The lowest BCUT2D eigenvalue weighted by atomic mass is 9.73. The Morgan fingerprint density at radius 2 is 2.07 bits per heavy atom. The largest absolute Gasteiger partial charge is 0.497 e. The molecule has 0 radical (unpaired) electrons. The van der Waals surface area contributed by atoms with Crippen LogP contribution in [0.4, 0.5) is 10.5 Å². The second-order valence-corrected chi connectivity index (χ2v) is 7.05. The third-order valence-electron chi connectivity index (χ3n) is 5.48. The molecule has 2 fully saturated rings. The van der Waals surface area contributed by atoms with Crippen molar-refractivity contribution in [2.75, 3.05) is 26.1 Å².